The van der Waals surface area contributed by atoms with Gasteiger partial charge in [-0.2, -0.15) is 0 Å². The third kappa shape index (κ3) is 6.08. The van der Waals surface area contributed by atoms with Gasteiger partial charge in [-0.05, 0) is 0 Å². The van der Waals surface area contributed by atoms with Gasteiger partial charge in [0.2, 0.25) is 0 Å². The van der Waals surface area contributed by atoms with Crippen LogP contribution in [0.2, 0.25) is 0 Å². The lowest BCUT2D eigenvalue weighted by molar-refractivity contribution is -0.799. The maximum absolute atomic E-state index is 9.55. The van der Waals surface area contributed by atoms with Gasteiger partial charge in [-0.15, -0.1) is 30.3 Å². The van der Waals surface area contributed by atoms with E-state index in [-0.39, 0.29) is 0 Å². The molecule has 0 radical (unpaired) electrons. The van der Waals surface area contributed by atoms with E-state index in [1.54, 1.807) is 0 Å². The summed E-state index contributed by atoms with van der Waals surface area (Å²) < 4.78 is 9.80. The Balaban J connectivity index is 4.10. The Morgan fingerprint density at radius 1 is 0.769 bits per heavy atom. The molecule has 0 unspecified atom stereocenters. The molecule has 0 aliphatic heterocycles. The van der Waals surface area contributed by atoms with Crippen LogP contribution in [0.3, 0.4) is 0 Å². The van der Waals surface area contributed by atoms with E-state index >= 15 is 0 Å². The summed E-state index contributed by atoms with van der Waals surface area (Å²) >= 11 is 0. The topological polar surface area (TPSA) is 157 Å². The normalized spacial score (nSPS) is 8.31. The zero-order valence-electron chi connectivity index (χ0n) is 5.59. The summed E-state index contributed by atoms with van der Waals surface area (Å²) in [6.07, 6.45) is 0. The Labute approximate surface area is 68.5 Å². The summed E-state index contributed by atoms with van der Waals surface area (Å²) in [7, 11) is -2.64. The number of rotatable bonds is 6. The van der Waals surface area contributed by atoms with Crippen molar-refractivity contribution in [2.75, 3.05) is 0 Å². The molecule has 0 saturated heterocycles. The van der Waals surface area contributed by atoms with Crippen LogP contribution in [0.4, 0.5) is 0 Å². The Bertz CT molecular complexity index is 185. The van der Waals surface area contributed by atoms with Gasteiger partial charge in [0.15, 0.2) is 0 Å². The monoisotopic (exact) mass is 197 g/mol. The molecule has 0 rings (SSSR count). The molecular formula is BN3O9. The number of nitrogens with zero attached hydrogens (tertiary/aromatic N) is 3. The van der Waals surface area contributed by atoms with E-state index in [2.05, 4.69) is 14.3 Å². The molecule has 13 heavy (non-hydrogen) atoms. The molecule has 0 N–H and O–H groups in total. The molecule has 0 amide bonds. The molecule has 0 bridgehead atoms. The Morgan fingerprint density at radius 2 is 1.00 bits per heavy atom. The van der Waals surface area contributed by atoms with Crippen molar-refractivity contribution in [3.05, 3.63) is 30.3 Å². The lowest BCUT2D eigenvalue weighted by Gasteiger charge is -2.04. The van der Waals surface area contributed by atoms with Gasteiger partial charge in [0.25, 0.3) is 15.3 Å². The van der Waals surface area contributed by atoms with Gasteiger partial charge in [0, 0.05) is 0 Å². The van der Waals surface area contributed by atoms with Gasteiger partial charge in [-0.1, -0.05) is 0 Å². The van der Waals surface area contributed by atoms with E-state index in [1.165, 1.54) is 0 Å². The zero-order valence-corrected chi connectivity index (χ0v) is 5.59. The zero-order chi connectivity index (χ0) is 10.4. The predicted molar refractivity (Wildman–Crippen MR) is 30.0 cm³/mol. The lowest BCUT2D eigenvalue weighted by Crippen LogP contribution is -2.33. The summed E-state index contributed by atoms with van der Waals surface area (Å²) in [5.41, 5.74) is 0. The van der Waals surface area contributed by atoms with Crippen LogP contribution in [-0.4, -0.2) is 22.6 Å². The molecule has 12 nitrogen and oxygen atoms in total. The van der Waals surface area contributed by atoms with Crippen LogP contribution in [0.15, 0.2) is 0 Å². The van der Waals surface area contributed by atoms with Crippen molar-refractivity contribution in [3.63, 3.8) is 0 Å². The third-order valence-corrected chi connectivity index (χ3v) is 0.516. The summed E-state index contributed by atoms with van der Waals surface area (Å²) in [5, 5.41) is 24.0. The van der Waals surface area contributed by atoms with Crippen LogP contribution in [-0.2, 0) is 14.3 Å². The smallest absolute Gasteiger partial charge is 0.309 e. The van der Waals surface area contributed by atoms with E-state index in [9.17, 15) is 30.3 Å². The highest BCUT2D eigenvalue weighted by Crippen LogP contribution is 1.93. The first-order chi connectivity index (χ1) is 5.91. The summed E-state index contributed by atoms with van der Waals surface area (Å²) in [5.74, 6) is 0. The van der Waals surface area contributed by atoms with Crippen molar-refractivity contribution in [2.45, 2.75) is 0 Å². The van der Waals surface area contributed by atoms with Crippen LogP contribution >= 0.6 is 0 Å². The SMILES string of the molecule is O=[N+]([O-])OB(O[N+](=O)[O-])O[N+](=O)[O-]. The van der Waals surface area contributed by atoms with Gasteiger partial charge in [-0.3, -0.25) is 0 Å². The molecule has 0 fully saturated rings. The van der Waals surface area contributed by atoms with Gasteiger partial charge < -0.3 is 14.3 Å². The maximum Gasteiger partial charge on any atom is 0.732 e. The molecule has 0 aliphatic rings. The second-order valence-electron chi connectivity index (χ2n) is 1.28. The fourth-order valence-corrected chi connectivity index (χ4v) is 0.269. The number of hydrogen-bond acceptors (Lipinski definition) is 9. The number of hydrogen-bond donors (Lipinski definition) is 0. The Morgan fingerprint density at radius 3 is 1.15 bits per heavy atom. The minimum atomic E-state index is -2.64. The second kappa shape index (κ2) is 4.52. The predicted octanol–water partition coefficient (Wildman–Crippen LogP) is -1.40. The van der Waals surface area contributed by atoms with E-state index in [0.29, 0.717) is 0 Å². The van der Waals surface area contributed by atoms with Gasteiger partial charge in [-0.25, -0.2) is 0 Å². The molecular weight excluding hydrogens is 197 g/mol. The molecule has 0 spiro atoms. The fourth-order valence-electron chi connectivity index (χ4n) is 0.269. The van der Waals surface area contributed by atoms with Crippen LogP contribution in [0.25, 0.3) is 0 Å². The highest BCUT2D eigenvalue weighted by Gasteiger charge is 2.31. The van der Waals surface area contributed by atoms with Crippen LogP contribution in [0.1, 0.15) is 0 Å². The van der Waals surface area contributed by atoms with E-state index in [1.807, 2.05) is 0 Å². The summed E-state index contributed by atoms with van der Waals surface area (Å²) in [4.78, 5) is 28.7. The minimum absolute atomic E-state index is 1.54. The van der Waals surface area contributed by atoms with Crippen LogP contribution < -0.4 is 0 Å². The molecule has 0 aromatic heterocycles. The largest absolute Gasteiger partial charge is 0.732 e. The summed E-state index contributed by atoms with van der Waals surface area (Å²) in [6.45, 7) is 0. The first-order valence-corrected chi connectivity index (χ1v) is 2.35. The molecule has 13 heteroatoms. The molecule has 0 saturated carbocycles. The first kappa shape index (κ1) is 10.7. The highest BCUT2D eigenvalue weighted by atomic mass is 17.1. The molecule has 0 aliphatic carbocycles. The van der Waals surface area contributed by atoms with Gasteiger partial charge in [0.05, 0.1) is 0 Å². The van der Waals surface area contributed by atoms with E-state index < -0.39 is 22.6 Å². The quantitative estimate of drug-likeness (QED) is 0.283. The van der Waals surface area contributed by atoms with Crippen LogP contribution in [0.5, 0.6) is 0 Å². The third-order valence-electron chi connectivity index (χ3n) is 0.516. The van der Waals surface area contributed by atoms with E-state index in [4.69, 9.17) is 0 Å². The van der Waals surface area contributed by atoms with Crippen molar-refractivity contribution >= 4 is 7.32 Å². The standard InChI is InChI=1S/BN3O9/c5-2(6)11-1(12-3(7)8)13-4(9)10. The highest BCUT2D eigenvalue weighted by molar-refractivity contribution is 6.35. The van der Waals surface area contributed by atoms with Gasteiger partial charge in [0.1, 0.15) is 0 Å². The molecule has 0 aromatic rings. The fraction of sp³-hybridized carbons (Fsp3) is 0. The van der Waals surface area contributed by atoms with Crippen LogP contribution in [0, 0.1) is 30.3 Å². The molecule has 0 atom stereocenters. The first-order valence-electron chi connectivity index (χ1n) is 2.35. The maximum atomic E-state index is 9.55. The Kier molecular flexibility index (Phi) is 3.71. The van der Waals surface area contributed by atoms with Crippen molar-refractivity contribution in [3.8, 4) is 0 Å². The van der Waals surface area contributed by atoms with Crippen molar-refractivity contribution in [1.29, 1.82) is 0 Å². The summed E-state index contributed by atoms with van der Waals surface area (Å²) in [6, 6.07) is 0. The van der Waals surface area contributed by atoms with E-state index in [0.717, 1.165) is 0 Å². The van der Waals surface area contributed by atoms with Crippen molar-refractivity contribution in [1.82, 2.24) is 0 Å². The van der Waals surface area contributed by atoms with Crippen molar-refractivity contribution in [2.24, 2.45) is 0 Å². The Hall–Kier alpha value is -2.34. The lowest BCUT2D eigenvalue weighted by atomic mass is 10.3. The molecule has 0 aromatic carbocycles. The molecule has 0 heterocycles. The second-order valence-corrected chi connectivity index (χ2v) is 1.28. The minimum Gasteiger partial charge on any atom is -0.309 e. The average molecular weight is 197 g/mol. The average Bonchev–Trinajstić information content (AvgIpc) is 1.80. The van der Waals surface area contributed by atoms with Crippen molar-refractivity contribution < 1.29 is 29.5 Å². The van der Waals surface area contributed by atoms with Gasteiger partial charge >= 0.3 is 7.32 Å². The molecule has 72 valence electrons.